The van der Waals surface area contributed by atoms with Gasteiger partial charge in [0.2, 0.25) is 0 Å². The lowest BCUT2D eigenvalue weighted by Gasteiger charge is -2.00. The molecule has 0 amide bonds. The molecule has 0 nitrogen and oxygen atoms in total. The summed E-state index contributed by atoms with van der Waals surface area (Å²) in [5, 5.41) is 0. The maximum atomic E-state index is 2.52. The van der Waals surface area contributed by atoms with E-state index in [1.54, 1.807) is 24.9 Å². The lowest BCUT2D eigenvalue weighted by Crippen LogP contribution is -2.01. The van der Waals surface area contributed by atoms with Gasteiger partial charge in [-0.05, 0) is 0 Å². The summed E-state index contributed by atoms with van der Waals surface area (Å²) in [4.78, 5) is 0. The molecule has 1 heteroatoms. The fourth-order valence-corrected chi connectivity index (χ4v) is 3.74. The molecular formula is C9H24Si. The molecule has 0 aromatic rings. The van der Waals surface area contributed by atoms with Gasteiger partial charge in [-0.2, -0.15) is 0 Å². The zero-order valence-electron chi connectivity index (χ0n) is 5.82. The first kappa shape index (κ1) is 12.9. The molecule has 1 rings (SSSR count). The van der Waals surface area contributed by atoms with E-state index in [2.05, 4.69) is 6.55 Å². The molecule has 1 aliphatic rings. The Morgan fingerprint density at radius 2 is 1.20 bits per heavy atom. The molecule has 0 aromatic carbocycles. The minimum Gasteiger partial charge on any atom is -0.0776 e. The van der Waals surface area contributed by atoms with Crippen LogP contribution in [0.3, 0.4) is 0 Å². The lowest BCUT2D eigenvalue weighted by atomic mass is 10.2. The normalized spacial score (nSPS) is 20.1. The van der Waals surface area contributed by atoms with Gasteiger partial charge in [0.15, 0.2) is 0 Å². The van der Waals surface area contributed by atoms with Crippen molar-refractivity contribution in [2.24, 2.45) is 0 Å². The first-order chi connectivity index (χ1) is 3.89. The molecule has 0 aliphatic carbocycles. The van der Waals surface area contributed by atoms with Crippen LogP contribution in [0.25, 0.3) is 0 Å². The van der Waals surface area contributed by atoms with Gasteiger partial charge in [-0.1, -0.05) is 59.2 Å². The van der Waals surface area contributed by atoms with Gasteiger partial charge in [0.25, 0.3) is 0 Å². The molecular weight excluding hydrogens is 136 g/mol. The molecule has 0 radical (unpaired) electrons. The summed E-state index contributed by atoms with van der Waals surface area (Å²) in [5.74, 6) is 0. The number of hydrogen-bond donors (Lipinski definition) is 0. The van der Waals surface area contributed by atoms with Crippen molar-refractivity contribution in [1.29, 1.82) is 0 Å². The maximum absolute atomic E-state index is 2.52. The fraction of sp³-hybridized carbons (Fsp3) is 1.00. The third-order valence-electron chi connectivity index (χ3n) is 2.14. The predicted molar refractivity (Wildman–Crippen MR) is 54.6 cm³/mol. The number of hydrogen-bond acceptors (Lipinski definition) is 0. The molecule has 0 atom stereocenters. The van der Waals surface area contributed by atoms with Crippen molar-refractivity contribution in [3.8, 4) is 0 Å². The highest BCUT2D eigenvalue weighted by Gasteiger charge is 2.06. The van der Waals surface area contributed by atoms with Crippen LogP contribution in [0, 0.1) is 0 Å². The van der Waals surface area contributed by atoms with Crippen LogP contribution in [0.5, 0.6) is 0 Å². The van der Waals surface area contributed by atoms with Crippen molar-refractivity contribution in [2.75, 3.05) is 0 Å². The van der Waals surface area contributed by atoms with Crippen LogP contribution in [0.1, 0.15) is 40.5 Å². The van der Waals surface area contributed by atoms with E-state index in [-0.39, 0.29) is 23.7 Å². The summed E-state index contributed by atoms with van der Waals surface area (Å²) in [6, 6.07) is 3.25. The summed E-state index contributed by atoms with van der Waals surface area (Å²) in [6.45, 7) is 2.52. The van der Waals surface area contributed by atoms with Crippen molar-refractivity contribution in [1.82, 2.24) is 0 Å². The summed E-state index contributed by atoms with van der Waals surface area (Å²) in [7, 11) is -0.140. The molecule has 0 saturated carbocycles. The van der Waals surface area contributed by atoms with E-state index in [0.717, 1.165) is 0 Å². The first-order valence-corrected chi connectivity index (χ1v) is 6.68. The van der Waals surface area contributed by atoms with Gasteiger partial charge in [-0.3, -0.25) is 0 Å². The molecule has 0 spiro atoms. The van der Waals surface area contributed by atoms with E-state index in [1.807, 2.05) is 0 Å². The summed E-state index contributed by atoms with van der Waals surface area (Å²) < 4.78 is 0. The van der Waals surface area contributed by atoms with Gasteiger partial charge in [0, 0.05) is 8.80 Å². The van der Waals surface area contributed by atoms with Crippen LogP contribution in [0.2, 0.25) is 18.6 Å². The van der Waals surface area contributed by atoms with Crippen LogP contribution < -0.4 is 0 Å². The smallest absolute Gasteiger partial charge is 0.0336 e. The average Bonchev–Trinajstić information content (AvgIpc) is 1.94. The molecule has 1 fully saturated rings. The highest BCUT2D eigenvalue weighted by Crippen LogP contribution is 2.17. The Hall–Kier alpha value is 0.217. The maximum Gasteiger partial charge on any atom is 0.0336 e. The van der Waals surface area contributed by atoms with E-state index < -0.39 is 0 Å². The second-order valence-electron chi connectivity index (χ2n) is 3.10. The first-order valence-electron chi connectivity index (χ1n) is 3.89. The molecule has 1 aliphatic heterocycles. The van der Waals surface area contributed by atoms with Crippen molar-refractivity contribution in [2.45, 2.75) is 59.2 Å². The minimum absolute atomic E-state index is 0. The Balaban J connectivity index is 0. The molecule has 0 aromatic heterocycles. The molecule has 0 N–H and O–H groups in total. The van der Waals surface area contributed by atoms with Crippen LogP contribution in [-0.4, -0.2) is 8.80 Å². The molecule has 10 heavy (non-hydrogen) atoms. The Labute approximate surface area is 68.6 Å². The summed E-state index contributed by atoms with van der Waals surface area (Å²) in [5.41, 5.74) is 0. The van der Waals surface area contributed by atoms with Crippen LogP contribution >= 0.6 is 0 Å². The monoisotopic (exact) mass is 160 g/mol. The zero-order chi connectivity index (χ0) is 5.82. The second-order valence-corrected chi connectivity index (χ2v) is 6.46. The minimum atomic E-state index is -0.140. The van der Waals surface area contributed by atoms with E-state index >= 15 is 0 Å². The standard InChI is InChI=1S/C7H16Si.2CH4/c1-8-6-4-2-3-5-7-8;;/h8H,2-7H2,1H3;2*1H4. The molecule has 1 saturated heterocycles. The zero-order valence-corrected chi connectivity index (χ0v) is 6.97. The lowest BCUT2D eigenvalue weighted by molar-refractivity contribution is 0.720. The topological polar surface area (TPSA) is 0 Å². The Bertz CT molecular complexity index is 53.7. The SMILES string of the molecule is C.C.C[SiH]1CCCCCC1. The van der Waals surface area contributed by atoms with Gasteiger partial charge < -0.3 is 0 Å². The summed E-state index contributed by atoms with van der Waals surface area (Å²) in [6.07, 6.45) is 6.15. The van der Waals surface area contributed by atoms with Crippen molar-refractivity contribution < 1.29 is 0 Å². The van der Waals surface area contributed by atoms with Gasteiger partial charge in [0.05, 0.1) is 0 Å². The van der Waals surface area contributed by atoms with Crippen LogP contribution in [0.4, 0.5) is 0 Å². The number of rotatable bonds is 0. The van der Waals surface area contributed by atoms with Crippen LogP contribution in [-0.2, 0) is 0 Å². The molecule has 0 unspecified atom stereocenters. The van der Waals surface area contributed by atoms with Crippen molar-refractivity contribution in [3.63, 3.8) is 0 Å². The Morgan fingerprint density at radius 3 is 1.60 bits per heavy atom. The van der Waals surface area contributed by atoms with Gasteiger partial charge >= 0.3 is 0 Å². The third-order valence-corrected chi connectivity index (χ3v) is 4.93. The van der Waals surface area contributed by atoms with Gasteiger partial charge in [-0.25, -0.2) is 0 Å². The average molecular weight is 160 g/mol. The Kier molecular flexibility index (Phi) is 9.42. The largest absolute Gasteiger partial charge is 0.0776 e. The molecule has 64 valence electrons. The predicted octanol–water partition coefficient (Wildman–Crippen LogP) is 3.69. The highest BCUT2D eigenvalue weighted by molar-refractivity contribution is 6.57. The van der Waals surface area contributed by atoms with E-state index in [4.69, 9.17) is 0 Å². The second kappa shape index (κ2) is 7.33. The third kappa shape index (κ3) is 5.04. The summed E-state index contributed by atoms with van der Waals surface area (Å²) >= 11 is 0. The quantitative estimate of drug-likeness (QED) is 0.474. The van der Waals surface area contributed by atoms with E-state index in [9.17, 15) is 0 Å². The van der Waals surface area contributed by atoms with Crippen LogP contribution in [0.15, 0.2) is 0 Å². The van der Waals surface area contributed by atoms with Crippen molar-refractivity contribution >= 4 is 8.80 Å². The van der Waals surface area contributed by atoms with E-state index in [0.29, 0.717) is 0 Å². The fourth-order valence-electron chi connectivity index (χ4n) is 1.48. The van der Waals surface area contributed by atoms with Crippen molar-refractivity contribution in [3.05, 3.63) is 0 Å². The molecule has 0 bridgehead atoms. The van der Waals surface area contributed by atoms with Gasteiger partial charge in [0.1, 0.15) is 0 Å². The molecule has 1 heterocycles. The van der Waals surface area contributed by atoms with E-state index in [1.165, 1.54) is 12.8 Å². The van der Waals surface area contributed by atoms with Gasteiger partial charge in [-0.15, -0.1) is 0 Å². The Morgan fingerprint density at radius 1 is 0.800 bits per heavy atom. The highest BCUT2D eigenvalue weighted by atomic mass is 28.3.